The Kier molecular flexibility index (Phi) is 4.05. The number of H-pyrrole nitrogens is 1. The van der Waals surface area contributed by atoms with Crippen LogP contribution in [0.1, 0.15) is 11.1 Å². The van der Waals surface area contributed by atoms with Crippen LogP contribution in [0.25, 0.3) is 28.1 Å². The van der Waals surface area contributed by atoms with Crippen LogP contribution in [0.3, 0.4) is 0 Å². The van der Waals surface area contributed by atoms with Gasteiger partial charge < -0.3 is 0 Å². The molecule has 0 aliphatic rings. The maximum absolute atomic E-state index is 13.3. The molecule has 3 aromatic carbocycles. The van der Waals surface area contributed by atoms with Gasteiger partial charge in [-0.25, -0.2) is 4.68 Å². The third kappa shape index (κ3) is 2.88. The van der Waals surface area contributed by atoms with Crippen LogP contribution in [0.15, 0.2) is 83.7 Å². The van der Waals surface area contributed by atoms with Gasteiger partial charge >= 0.3 is 0 Å². The molecule has 1 heterocycles. The van der Waals surface area contributed by atoms with Crippen LogP contribution in [-0.4, -0.2) is 9.78 Å². The maximum Gasteiger partial charge on any atom is 0.279 e. The molecule has 0 atom stereocenters. The van der Waals surface area contributed by atoms with Gasteiger partial charge in [0.05, 0.1) is 16.9 Å². The topological polar surface area (TPSA) is 37.8 Å². The van der Waals surface area contributed by atoms with E-state index < -0.39 is 0 Å². The molecule has 128 valence electrons. The average molecular weight is 340 g/mol. The van der Waals surface area contributed by atoms with E-state index in [4.69, 9.17) is 0 Å². The molecule has 0 radical (unpaired) electrons. The predicted octanol–water partition coefficient (Wildman–Crippen LogP) is 5.12. The molecule has 3 nitrogen and oxygen atoms in total. The van der Waals surface area contributed by atoms with Gasteiger partial charge in [-0.1, -0.05) is 71.8 Å². The van der Waals surface area contributed by atoms with Gasteiger partial charge in [0.25, 0.3) is 5.56 Å². The second-order valence-electron chi connectivity index (χ2n) is 6.57. The molecule has 0 spiro atoms. The summed E-state index contributed by atoms with van der Waals surface area (Å²) in [5.74, 6) is 0. The first-order chi connectivity index (χ1) is 12.6. The van der Waals surface area contributed by atoms with E-state index in [2.05, 4.69) is 24.2 Å². The van der Waals surface area contributed by atoms with Gasteiger partial charge in [-0.2, -0.15) is 0 Å². The highest BCUT2D eigenvalue weighted by Gasteiger charge is 2.18. The van der Waals surface area contributed by atoms with E-state index in [0.29, 0.717) is 5.56 Å². The molecule has 0 amide bonds. The van der Waals surface area contributed by atoms with Crippen LogP contribution in [0.5, 0.6) is 0 Å². The first kappa shape index (κ1) is 16.2. The molecule has 1 N–H and O–H groups in total. The Morgan fingerprint density at radius 3 is 2.12 bits per heavy atom. The zero-order valence-electron chi connectivity index (χ0n) is 14.9. The predicted molar refractivity (Wildman–Crippen MR) is 107 cm³/mol. The Hall–Kier alpha value is -3.33. The van der Waals surface area contributed by atoms with E-state index in [1.807, 2.05) is 73.7 Å². The molecule has 0 aliphatic carbocycles. The fraction of sp³-hybridized carbons (Fsp3) is 0.0870. The van der Waals surface area contributed by atoms with Crippen LogP contribution >= 0.6 is 0 Å². The van der Waals surface area contributed by atoms with Gasteiger partial charge in [0, 0.05) is 5.56 Å². The van der Waals surface area contributed by atoms with Gasteiger partial charge in [-0.05, 0) is 37.6 Å². The lowest BCUT2D eigenvalue weighted by Gasteiger charge is -2.04. The number of aromatic amines is 1. The molecule has 3 heteroatoms. The number of rotatable bonds is 3. The van der Waals surface area contributed by atoms with Crippen LogP contribution in [-0.2, 0) is 0 Å². The summed E-state index contributed by atoms with van der Waals surface area (Å²) in [4.78, 5) is 13.3. The fourth-order valence-electron chi connectivity index (χ4n) is 3.19. The lowest BCUT2D eigenvalue weighted by Crippen LogP contribution is -2.15. The van der Waals surface area contributed by atoms with Crippen molar-refractivity contribution in [3.63, 3.8) is 0 Å². The summed E-state index contributed by atoms with van der Waals surface area (Å²) < 4.78 is 1.62. The van der Waals surface area contributed by atoms with Crippen molar-refractivity contribution in [1.82, 2.24) is 9.78 Å². The molecular formula is C23H20N2O. The monoisotopic (exact) mass is 340 g/mol. The number of hydrogen-bond donors (Lipinski definition) is 1. The fourth-order valence-corrected chi connectivity index (χ4v) is 3.19. The highest BCUT2D eigenvalue weighted by Crippen LogP contribution is 2.29. The third-order valence-corrected chi connectivity index (χ3v) is 4.55. The molecule has 0 saturated heterocycles. The summed E-state index contributed by atoms with van der Waals surface area (Å²) in [5, 5.41) is 3.33. The van der Waals surface area contributed by atoms with Crippen LogP contribution in [0, 0.1) is 13.8 Å². The standard InChI is InChI=1S/C23H20N2O/c1-16-11-13-20(14-12-16)25-23(26)21(18-8-4-3-5-9-18)22(24-25)19-10-6-7-17(2)15-19/h3-15,24H,1-2H3. The molecule has 4 rings (SSSR count). The Balaban J connectivity index is 1.99. The van der Waals surface area contributed by atoms with Gasteiger partial charge in [-0.15, -0.1) is 0 Å². The highest BCUT2D eigenvalue weighted by atomic mass is 16.1. The van der Waals surface area contributed by atoms with Crippen molar-refractivity contribution >= 4 is 0 Å². The van der Waals surface area contributed by atoms with Gasteiger partial charge in [-0.3, -0.25) is 9.89 Å². The lowest BCUT2D eigenvalue weighted by atomic mass is 10.0. The van der Waals surface area contributed by atoms with Crippen molar-refractivity contribution in [3.8, 4) is 28.1 Å². The van der Waals surface area contributed by atoms with E-state index in [0.717, 1.165) is 33.6 Å². The highest BCUT2D eigenvalue weighted by molar-refractivity contribution is 5.80. The van der Waals surface area contributed by atoms with Crippen LogP contribution in [0.4, 0.5) is 0 Å². The van der Waals surface area contributed by atoms with E-state index in [9.17, 15) is 4.79 Å². The quantitative estimate of drug-likeness (QED) is 0.552. The zero-order valence-corrected chi connectivity index (χ0v) is 14.9. The minimum Gasteiger partial charge on any atom is -0.290 e. The number of nitrogens with one attached hydrogen (secondary N) is 1. The number of hydrogen-bond acceptors (Lipinski definition) is 1. The third-order valence-electron chi connectivity index (χ3n) is 4.55. The summed E-state index contributed by atoms with van der Waals surface area (Å²) in [6.45, 7) is 4.09. The molecule has 0 fully saturated rings. The number of nitrogens with zero attached hydrogens (tertiary/aromatic N) is 1. The van der Waals surface area contributed by atoms with Crippen molar-refractivity contribution in [2.24, 2.45) is 0 Å². The van der Waals surface area contributed by atoms with Crippen molar-refractivity contribution in [1.29, 1.82) is 0 Å². The lowest BCUT2D eigenvalue weighted by molar-refractivity contribution is 0.852. The molecule has 0 unspecified atom stereocenters. The number of aromatic nitrogens is 2. The Morgan fingerprint density at radius 1 is 0.731 bits per heavy atom. The Labute approximate surface area is 152 Å². The summed E-state index contributed by atoms with van der Waals surface area (Å²) in [6, 6.07) is 26.0. The Morgan fingerprint density at radius 2 is 1.42 bits per heavy atom. The molecular weight excluding hydrogens is 320 g/mol. The first-order valence-electron chi connectivity index (χ1n) is 8.68. The van der Waals surface area contributed by atoms with Crippen molar-refractivity contribution < 1.29 is 0 Å². The summed E-state index contributed by atoms with van der Waals surface area (Å²) >= 11 is 0. The smallest absolute Gasteiger partial charge is 0.279 e. The zero-order chi connectivity index (χ0) is 18.1. The second-order valence-corrected chi connectivity index (χ2v) is 6.57. The second kappa shape index (κ2) is 6.52. The van der Waals surface area contributed by atoms with E-state index >= 15 is 0 Å². The number of aryl methyl sites for hydroxylation is 2. The van der Waals surface area contributed by atoms with Crippen molar-refractivity contribution in [3.05, 3.63) is 100 Å². The van der Waals surface area contributed by atoms with Gasteiger partial charge in [0.2, 0.25) is 0 Å². The van der Waals surface area contributed by atoms with E-state index in [1.54, 1.807) is 4.68 Å². The molecule has 0 saturated carbocycles. The summed E-state index contributed by atoms with van der Waals surface area (Å²) in [7, 11) is 0. The van der Waals surface area contributed by atoms with E-state index in [1.165, 1.54) is 0 Å². The molecule has 1 aromatic heterocycles. The molecule has 0 aliphatic heterocycles. The van der Waals surface area contributed by atoms with Gasteiger partial charge in [0.15, 0.2) is 0 Å². The maximum atomic E-state index is 13.3. The molecule has 26 heavy (non-hydrogen) atoms. The minimum atomic E-state index is -0.0449. The summed E-state index contributed by atoms with van der Waals surface area (Å²) in [5.41, 5.74) is 6.56. The average Bonchev–Trinajstić information content (AvgIpc) is 3.00. The minimum absolute atomic E-state index is 0.0449. The van der Waals surface area contributed by atoms with Crippen LogP contribution in [0.2, 0.25) is 0 Å². The largest absolute Gasteiger partial charge is 0.290 e. The SMILES string of the molecule is Cc1ccc(-n2[nH]c(-c3cccc(C)c3)c(-c3ccccc3)c2=O)cc1. The first-order valence-corrected chi connectivity index (χ1v) is 8.68. The van der Waals surface area contributed by atoms with Gasteiger partial charge in [0.1, 0.15) is 0 Å². The normalized spacial score (nSPS) is 10.8. The summed E-state index contributed by atoms with van der Waals surface area (Å²) in [6.07, 6.45) is 0. The van der Waals surface area contributed by atoms with Crippen molar-refractivity contribution in [2.45, 2.75) is 13.8 Å². The van der Waals surface area contributed by atoms with Crippen molar-refractivity contribution in [2.75, 3.05) is 0 Å². The Bertz CT molecular complexity index is 1100. The molecule has 4 aromatic rings. The van der Waals surface area contributed by atoms with E-state index in [-0.39, 0.29) is 5.56 Å². The van der Waals surface area contributed by atoms with Crippen LogP contribution < -0.4 is 5.56 Å². The number of benzene rings is 3. The molecule has 0 bridgehead atoms.